The van der Waals surface area contributed by atoms with Crippen LogP contribution in [0.2, 0.25) is 0 Å². The molecular weight excluding hydrogens is 372 g/mol. The molecule has 1 N–H and O–H groups in total. The molecule has 3 rings (SSSR count). The Morgan fingerprint density at radius 3 is 2.34 bits per heavy atom. The average Bonchev–Trinajstić information content (AvgIpc) is 2.99. The minimum atomic E-state index is -1.07. The van der Waals surface area contributed by atoms with Crippen LogP contribution in [0.1, 0.15) is 56.0 Å². The number of piperidine rings is 1. The van der Waals surface area contributed by atoms with E-state index in [1.165, 1.54) is 4.90 Å². The molecule has 2 amide bonds. The normalized spacial score (nSPS) is 21.4. The Kier molecular flexibility index (Phi) is 5.72. The molecule has 1 spiro atoms. The number of likely N-dealkylation sites (tertiary alicyclic amines) is 1. The minimum absolute atomic E-state index is 0.0388. The molecule has 1 atom stereocenters. The first kappa shape index (κ1) is 21.3. The van der Waals surface area contributed by atoms with Gasteiger partial charge in [-0.25, -0.2) is 4.79 Å². The van der Waals surface area contributed by atoms with Crippen molar-refractivity contribution < 1.29 is 24.2 Å². The zero-order chi connectivity index (χ0) is 21.4. The molecule has 2 saturated heterocycles. The molecule has 158 valence electrons. The lowest BCUT2D eigenvalue weighted by molar-refractivity contribution is -0.148. The van der Waals surface area contributed by atoms with Gasteiger partial charge in [0.05, 0.1) is 6.61 Å². The average molecular weight is 402 g/mol. The topological polar surface area (TPSA) is 87.2 Å². The SMILES string of the molecule is Cc1ccccc1C(=O)N1[C@@H](C(=O)O)COC12CCN(C(=O)CC(C)(C)C)CC2. The van der Waals surface area contributed by atoms with Gasteiger partial charge in [0, 0.05) is 37.9 Å². The fraction of sp³-hybridized carbons (Fsp3) is 0.591. The van der Waals surface area contributed by atoms with Crippen molar-refractivity contribution >= 4 is 17.8 Å². The number of carboxylic acids is 1. The molecule has 7 heteroatoms. The molecule has 0 aliphatic carbocycles. The number of rotatable bonds is 3. The lowest BCUT2D eigenvalue weighted by Crippen LogP contribution is -2.59. The van der Waals surface area contributed by atoms with Crippen LogP contribution in [0, 0.1) is 12.3 Å². The molecule has 0 bridgehead atoms. The van der Waals surface area contributed by atoms with Gasteiger partial charge < -0.3 is 14.7 Å². The maximum atomic E-state index is 13.4. The zero-order valence-electron chi connectivity index (χ0n) is 17.6. The second-order valence-electron chi connectivity index (χ2n) is 9.22. The van der Waals surface area contributed by atoms with E-state index in [0.29, 0.717) is 37.9 Å². The number of benzene rings is 1. The highest BCUT2D eigenvalue weighted by molar-refractivity contribution is 5.98. The third-order valence-corrected chi connectivity index (χ3v) is 5.72. The van der Waals surface area contributed by atoms with Crippen LogP contribution in [0.5, 0.6) is 0 Å². The van der Waals surface area contributed by atoms with E-state index in [1.807, 2.05) is 39.8 Å². The number of carbonyl (C=O) groups excluding carboxylic acids is 2. The molecule has 0 saturated carbocycles. The Hall–Kier alpha value is -2.41. The maximum Gasteiger partial charge on any atom is 0.328 e. The van der Waals surface area contributed by atoms with Gasteiger partial charge >= 0.3 is 5.97 Å². The number of ether oxygens (including phenoxy) is 1. The van der Waals surface area contributed by atoms with Crippen molar-refractivity contribution in [3.8, 4) is 0 Å². The van der Waals surface area contributed by atoms with Crippen molar-refractivity contribution in [3.63, 3.8) is 0 Å². The number of aryl methyl sites for hydroxylation is 1. The summed E-state index contributed by atoms with van der Waals surface area (Å²) >= 11 is 0. The molecule has 0 unspecified atom stereocenters. The number of nitrogens with zero attached hydrogens (tertiary/aromatic N) is 2. The van der Waals surface area contributed by atoms with Crippen molar-refractivity contribution in [2.45, 2.75) is 58.7 Å². The van der Waals surface area contributed by atoms with Crippen LogP contribution < -0.4 is 0 Å². The molecule has 2 heterocycles. The second kappa shape index (κ2) is 7.78. The van der Waals surface area contributed by atoms with Crippen LogP contribution in [-0.2, 0) is 14.3 Å². The summed E-state index contributed by atoms with van der Waals surface area (Å²) in [6.07, 6.45) is 1.26. The van der Waals surface area contributed by atoms with Crippen molar-refractivity contribution in [2.24, 2.45) is 5.41 Å². The van der Waals surface area contributed by atoms with E-state index in [0.717, 1.165) is 5.56 Å². The van der Waals surface area contributed by atoms with E-state index >= 15 is 0 Å². The van der Waals surface area contributed by atoms with E-state index in [9.17, 15) is 19.5 Å². The first-order valence-electron chi connectivity index (χ1n) is 10.1. The van der Waals surface area contributed by atoms with Gasteiger partial charge in [-0.2, -0.15) is 0 Å². The van der Waals surface area contributed by atoms with E-state index in [2.05, 4.69) is 0 Å². The Balaban J connectivity index is 1.83. The quantitative estimate of drug-likeness (QED) is 0.840. The predicted molar refractivity (Wildman–Crippen MR) is 107 cm³/mol. The Morgan fingerprint density at radius 1 is 1.17 bits per heavy atom. The van der Waals surface area contributed by atoms with Gasteiger partial charge in [0.2, 0.25) is 5.91 Å². The third kappa shape index (κ3) is 4.29. The Bertz CT molecular complexity index is 806. The summed E-state index contributed by atoms with van der Waals surface area (Å²) in [5.74, 6) is -1.32. The van der Waals surface area contributed by atoms with Crippen molar-refractivity contribution in [2.75, 3.05) is 19.7 Å². The first-order valence-corrected chi connectivity index (χ1v) is 10.1. The molecule has 0 radical (unpaired) electrons. The highest BCUT2D eigenvalue weighted by Gasteiger charge is 2.54. The molecule has 1 aromatic rings. The fourth-order valence-corrected chi connectivity index (χ4v) is 4.17. The molecular formula is C22H30N2O5. The molecule has 29 heavy (non-hydrogen) atoms. The summed E-state index contributed by atoms with van der Waals surface area (Å²) in [7, 11) is 0. The van der Waals surface area contributed by atoms with E-state index in [-0.39, 0.29) is 23.8 Å². The number of hydrogen-bond acceptors (Lipinski definition) is 4. The largest absolute Gasteiger partial charge is 0.480 e. The van der Waals surface area contributed by atoms with Crippen LogP contribution in [0.4, 0.5) is 0 Å². The number of carbonyl (C=O) groups is 3. The standard InChI is InChI=1S/C22H30N2O5/c1-15-7-5-6-8-16(15)19(26)24-17(20(27)28)14-29-22(24)9-11-23(12-10-22)18(25)13-21(2,3)4/h5-8,17H,9-14H2,1-4H3,(H,27,28)/t17-/m1/s1. The van der Waals surface area contributed by atoms with Gasteiger partial charge in [0.15, 0.2) is 6.04 Å². The van der Waals surface area contributed by atoms with Gasteiger partial charge in [-0.15, -0.1) is 0 Å². The van der Waals surface area contributed by atoms with Gasteiger partial charge in [-0.05, 0) is 24.0 Å². The molecule has 0 aromatic heterocycles. The van der Waals surface area contributed by atoms with Crippen LogP contribution >= 0.6 is 0 Å². The maximum absolute atomic E-state index is 13.4. The monoisotopic (exact) mass is 402 g/mol. The highest BCUT2D eigenvalue weighted by Crippen LogP contribution is 2.39. The number of hydrogen-bond donors (Lipinski definition) is 1. The second-order valence-corrected chi connectivity index (χ2v) is 9.22. The first-order chi connectivity index (χ1) is 13.5. The summed E-state index contributed by atoms with van der Waals surface area (Å²) in [6, 6.07) is 6.13. The molecule has 2 aliphatic heterocycles. The summed E-state index contributed by atoms with van der Waals surface area (Å²) in [4.78, 5) is 41.0. The lowest BCUT2D eigenvalue weighted by atomic mass is 9.90. The molecule has 1 aromatic carbocycles. The van der Waals surface area contributed by atoms with Crippen LogP contribution in [-0.4, -0.2) is 64.2 Å². The number of carboxylic acid groups (broad SMARTS) is 1. The van der Waals surface area contributed by atoms with E-state index in [4.69, 9.17) is 4.74 Å². The number of amides is 2. The van der Waals surface area contributed by atoms with E-state index < -0.39 is 17.7 Å². The number of aliphatic carboxylic acids is 1. The molecule has 2 fully saturated rings. The summed E-state index contributed by atoms with van der Waals surface area (Å²) < 4.78 is 5.97. The van der Waals surface area contributed by atoms with Crippen LogP contribution in [0.3, 0.4) is 0 Å². The van der Waals surface area contributed by atoms with E-state index in [1.54, 1.807) is 17.0 Å². The predicted octanol–water partition coefficient (Wildman–Crippen LogP) is 2.68. The fourth-order valence-electron chi connectivity index (χ4n) is 4.17. The minimum Gasteiger partial charge on any atom is -0.480 e. The summed E-state index contributed by atoms with van der Waals surface area (Å²) in [6.45, 7) is 8.75. The lowest BCUT2D eigenvalue weighted by Gasteiger charge is -2.44. The summed E-state index contributed by atoms with van der Waals surface area (Å²) in [5.41, 5.74) is 0.189. The van der Waals surface area contributed by atoms with Crippen LogP contribution in [0.15, 0.2) is 24.3 Å². The van der Waals surface area contributed by atoms with Gasteiger partial charge in [0.1, 0.15) is 5.72 Å². The highest BCUT2D eigenvalue weighted by atomic mass is 16.5. The zero-order valence-corrected chi connectivity index (χ0v) is 17.6. The molecule has 2 aliphatic rings. The van der Waals surface area contributed by atoms with Gasteiger partial charge in [0.25, 0.3) is 5.91 Å². The van der Waals surface area contributed by atoms with Crippen molar-refractivity contribution in [1.82, 2.24) is 9.80 Å². The van der Waals surface area contributed by atoms with Gasteiger partial charge in [-0.3, -0.25) is 14.5 Å². The van der Waals surface area contributed by atoms with Crippen LogP contribution in [0.25, 0.3) is 0 Å². The molecule has 7 nitrogen and oxygen atoms in total. The Morgan fingerprint density at radius 2 is 1.79 bits per heavy atom. The Labute approximate surface area is 171 Å². The van der Waals surface area contributed by atoms with Crippen molar-refractivity contribution in [3.05, 3.63) is 35.4 Å². The van der Waals surface area contributed by atoms with Gasteiger partial charge in [-0.1, -0.05) is 39.0 Å². The van der Waals surface area contributed by atoms with Crippen molar-refractivity contribution in [1.29, 1.82) is 0 Å². The smallest absolute Gasteiger partial charge is 0.328 e. The summed E-state index contributed by atoms with van der Waals surface area (Å²) in [5, 5.41) is 9.69. The third-order valence-electron chi connectivity index (χ3n) is 5.72.